The van der Waals surface area contributed by atoms with Crippen LogP contribution in [-0.4, -0.2) is 16.8 Å². The number of hydrogen-bond acceptors (Lipinski definition) is 4. The maximum absolute atomic E-state index is 13.9. The summed E-state index contributed by atoms with van der Waals surface area (Å²) in [6, 6.07) is 19.6. The highest BCUT2D eigenvalue weighted by Crippen LogP contribution is 2.26. The molecule has 0 aliphatic heterocycles. The standard InChI is InChI=1S/C26H21F2N3O3/c27-20-10-5-11-21(28)25(20)22-16-30-24(34-22)13-12-23(32)29-15-17-6-4-7-18(14-17)26(33)31-19-8-2-1-3-9-19/h1-11,14,16H,12-13,15H2,(H,29,32)(H,31,33). The number of carbonyl (C=O) groups excluding carboxylic acids is 2. The molecule has 0 fully saturated rings. The van der Waals surface area contributed by atoms with Gasteiger partial charge in [0.05, 0.1) is 11.8 Å². The lowest BCUT2D eigenvalue weighted by atomic mass is 10.1. The van der Waals surface area contributed by atoms with E-state index in [4.69, 9.17) is 4.42 Å². The van der Waals surface area contributed by atoms with Crippen LogP contribution in [0.2, 0.25) is 0 Å². The summed E-state index contributed by atoms with van der Waals surface area (Å²) in [5.41, 5.74) is 1.64. The minimum Gasteiger partial charge on any atom is -0.441 e. The Morgan fingerprint density at radius 3 is 2.41 bits per heavy atom. The van der Waals surface area contributed by atoms with Gasteiger partial charge in [-0.05, 0) is 42.0 Å². The Balaban J connectivity index is 1.29. The van der Waals surface area contributed by atoms with Gasteiger partial charge < -0.3 is 15.1 Å². The number of anilines is 1. The largest absolute Gasteiger partial charge is 0.441 e. The van der Waals surface area contributed by atoms with Gasteiger partial charge in [-0.3, -0.25) is 9.59 Å². The smallest absolute Gasteiger partial charge is 0.255 e. The molecule has 4 rings (SSSR count). The van der Waals surface area contributed by atoms with E-state index in [0.29, 0.717) is 11.3 Å². The SMILES string of the molecule is O=C(CCc1ncc(-c2c(F)cccc2F)o1)NCc1cccc(C(=O)Nc2ccccc2)c1. The Kier molecular flexibility index (Phi) is 7.07. The maximum Gasteiger partial charge on any atom is 0.255 e. The van der Waals surface area contributed by atoms with Gasteiger partial charge in [0.2, 0.25) is 5.91 Å². The number of nitrogens with zero attached hydrogens (tertiary/aromatic N) is 1. The normalized spacial score (nSPS) is 10.6. The average molecular weight is 461 g/mol. The lowest BCUT2D eigenvalue weighted by Crippen LogP contribution is -2.23. The Morgan fingerprint density at radius 1 is 0.912 bits per heavy atom. The molecule has 172 valence electrons. The minimum atomic E-state index is -0.750. The van der Waals surface area contributed by atoms with Gasteiger partial charge in [-0.15, -0.1) is 0 Å². The van der Waals surface area contributed by atoms with E-state index in [0.717, 1.165) is 17.7 Å². The highest BCUT2D eigenvalue weighted by atomic mass is 19.1. The third kappa shape index (κ3) is 5.72. The molecule has 0 unspecified atom stereocenters. The van der Waals surface area contributed by atoms with E-state index in [1.807, 2.05) is 24.3 Å². The number of hydrogen-bond donors (Lipinski definition) is 2. The summed E-state index contributed by atoms with van der Waals surface area (Å²) < 4.78 is 33.2. The van der Waals surface area contributed by atoms with E-state index >= 15 is 0 Å². The molecule has 0 bridgehead atoms. The van der Waals surface area contributed by atoms with Crippen molar-refractivity contribution in [2.45, 2.75) is 19.4 Å². The van der Waals surface area contributed by atoms with Crippen LogP contribution in [0, 0.1) is 11.6 Å². The Hall–Kier alpha value is -4.33. The molecular weight excluding hydrogens is 440 g/mol. The van der Waals surface area contributed by atoms with Crippen LogP contribution in [0.1, 0.15) is 28.2 Å². The predicted molar refractivity (Wildman–Crippen MR) is 123 cm³/mol. The van der Waals surface area contributed by atoms with Crippen LogP contribution in [-0.2, 0) is 17.8 Å². The summed E-state index contributed by atoms with van der Waals surface area (Å²) in [4.78, 5) is 28.7. The summed E-state index contributed by atoms with van der Waals surface area (Å²) in [5, 5.41) is 5.60. The zero-order valence-corrected chi connectivity index (χ0v) is 18.1. The summed E-state index contributed by atoms with van der Waals surface area (Å²) in [7, 11) is 0. The highest BCUT2D eigenvalue weighted by Gasteiger charge is 2.16. The molecule has 8 heteroatoms. The van der Waals surface area contributed by atoms with Gasteiger partial charge in [0.15, 0.2) is 11.7 Å². The Bertz CT molecular complexity index is 1290. The predicted octanol–water partition coefficient (Wildman–Crippen LogP) is 5.12. The third-order valence-electron chi connectivity index (χ3n) is 5.04. The third-order valence-corrected chi connectivity index (χ3v) is 5.04. The second kappa shape index (κ2) is 10.5. The fourth-order valence-electron chi connectivity index (χ4n) is 3.33. The molecule has 2 N–H and O–H groups in total. The zero-order chi connectivity index (χ0) is 23.9. The first kappa shape index (κ1) is 22.8. The number of halogens is 2. The van der Waals surface area contributed by atoms with E-state index in [2.05, 4.69) is 15.6 Å². The van der Waals surface area contributed by atoms with E-state index in [1.165, 1.54) is 12.3 Å². The molecule has 0 radical (unpaired) electrons. The number of oxazole rings is 1. The van der Waals surface area contributed by atoms with Crippen molar-refractivity contribution in [1.82, 2.24) is 10.3 Å². The lowest BCUT2D eigenvalue weighted by molar-refractivity contribution is -0.121. The molecule has 0 saturated carbocycles. The van der Waals surface area contributed by atoms with E-state index < -0.39 is 11.6 Å². The molecule has 1 aromatic heterocycles. The van der Waals surface area contributed by atoms with Crippen molar-refractivity contribution in [3.8, 4) is 11.3 Å². The summed E-state index contributed by atoms with van der Waals surface area (Å²) >= 11 is 0. The first-order valence-electron chi connectivity index (χ1n) is 10.6. The van der Waals surface area contributed by atoms with Crippen molar-refractivity contribution in [2.24, 2.45) is 0 Å². The molecule has 4 aromatic rings. The monoisotopic (exact) mass is 461 g/mol. The zero-order valence-electron chi connectivity index (χ0n) is 18.1. The second-order valence-electron chi connectivity index (χ2n) is 7.51. The molecule has 6 nitrogen and oxygen atoms in total. The maximum atomic E-state index is 13.9. The molecule has 2 amide bonds. The number of rotatable bonds is 8. The quantitative estimate of drug-likeness (QED) is 0.381. The number of benzene rings is 3. The van der Waals surface area contributed by atoms with Crippen LogP contribution in [0.25, 0.3) is 11.3 Å². The number of carbonyl (C=O) groups is 2. The minimum absolute atomic E-state index is 0.0309. The number of aryl methyl sites for hydroxylation is 1. The molecule has 0 aliphatic rings. The molecule has 34 heavy (non-hydrogen) atoms. The van der Waals surface area contributed by atoms with Gasteiger partial charge in [-0.1, -0.05) is 36.4 Å². The molecule has 1 heterocycles. The van der Waals surface area contributed by atoms with Crippen molar-refractivity contribution in [1.29, 1.82) is 0 Å². The van der Waals surface area contributed by atoms with Gasteiger partial charge >= 0.3 is 0 Å². The van der Waals surface area contributed by atoms with Crippen molar-refractivity contribution < 1.29 is 22.8 Å². The summed E-state index contributed by atoms with van der Waals surface area (Å²) in [6.45, 7) is 0.239. The number of nitrogens with one attached hydrogen (secondary N) is 2. The average Bonchev–Trinajstić information content (AvgIpc) is 3.30. The van der Waals surface area contributed by atoms with Crippen LogP contribution in [0.15, 0.2) is 83.4 Å². The Morgan fingerprint density at radius 2 is 1.65 bits per heavy atom. The van der Waals surface area contributed by atoms with Crippen LogP contribution in [0.5, 0.6) is 0 Å². The first-order chi connectivity index (χ1) is 16.5. The molecule has 3 aromatic carbocycles. The molecule has 0 aliphatic carbocycles. The molecule has 0 spiro atoms. The van der Waals surface area contributed by atoms with Crippen molar-refractivity contribution >= 4 is 17.5 Å². The molecule has 0 saturated heterocycles. The first-order valence-corrected chi connectivity index (χ1v) is 10.6. The van der Waals surface area contributed by atoms with Crippen LogP contribution in [0.4, 0.5) is 14.5 Å². The van der Waals surface area contributed by atoms with Crippen LogP contribution in [0.3, 0.4) is 0 Å². The van der Waals surface area contributed by atoms with Gasteiger partial charge in [0.1, 0.15) is 11.6 Å². The highest BCUT2D eigenvalue weighted by molar-refractivity contribution is 6.04. The molecule has 0 atom stereocenters. The summed E-state index contributed by atoms with van der Waals surface area (Å²) in [6.07, 6.45) is 1.48. The van der Waals surface area contributed by atoms with Crippen molar-refractivity contribution in [3.05, 3.63) is 108 Å². The topological polar surface area (TPSA) is 84.2 Å². The van der Waals surface area contributed by atoms with Gasteiger partial charge in [0, 0.05) is 30.6 Å². The van der Waals surface area contributed by atoms with Crippen molar-refractivity contribution in [2.75, 3.05) is 5.32 Å². The van der Waals surface area contributed by atoms with Crippen molar-refractivity contribution in [3.63, 3.8) is 0 Å². The van der Waals surface area contributed by atoms with Crippen LogP contribution >= 0.6 is 0 Å². The fourth-order valence-corrected chi connectivity index (χ4v) is 3.33. The van der Waals surface area contributed by atoms with Gasteiger partial charge in [0.25, 0.3) is 5.91 Å². The van der Waals surface area contributed by atoms with E-state index in [-0.39, 0.29) is 48.4 Å². The van der Waals surface area contributed by atoms with E-state index in [1.54, 1.807) is 30.3 Å². The lowest BCUT2D eigenvalue weighted by Gasteiger charge is -2.08. The summed E-state index contributed by atoms with van der Waals surface area (Å²) in [5.74, 6) is -1.83. The number of para-hydroxylation sites is 1. The fraction of sp³-hybridized carbons (Fsp3) is 0.115. The van der Waals surface area contributed by atoms with E-state index in [9.17, 15) is 18.4 Å². The second-order valence-corrected chi connectivity index (χ2v) is 7.51. The van der Waals surface area contributed by atoms with Crippen LogP contribution < -0.4 is 10.6 Å². The number of amides is 2. The number of aromatic nitrogens is 1. The molecular formula is C26H21F2N3O3. The van der Waals surface area contributed by atoms with Gasteiger partial charge in [-0.2, -0.15) is 0 Å². The Labute approximate surface area is 194 Å². The van der Waals surface area contributed by atoms with Gasteiger partial charge in [-0.25, -0.2) is 13.8 Å².